The van der Waals surface area contributed by atoms with Crippen LogP contribution in [0.25, 0.3) is 0 Å². The minimum Gasteiger partial charge on any atom is -0.386 e. The molecule has 0 aromatic rings. The zero-order valence-electron chi connectivity index (χ0n) is 13.2. The van der Waals surface area contributed by atoms with Crippen molar-refractivity contribution in [3.63, 3.8) is 0 Å². The van der Waals surface area contributed by atoms with Crippen LogP contribution in [0.15, 0.2) is 28.8 Å². The van der Waals surface area contributed by atoms with Gasteiger partial charge in [0.05, 0.1) is 11.4 Å². The van der Waals surface area contributed by atoms with Gasteiger partial charge in [0.25, 0.3) is 0 Å². The Labute approximate surface area is 132 Å². The van der Waals surface area contributed by atoms with E-state index in [2.05, 4.69) is 16.9 Å². The molecule has 0 radical (unpaired) electrons. The predicted octanol–water partition coefficient (Wildman–Crippen LogP) is 3.14. The van der Waals surface area contributed by atoms with Gasteiger partial charge in [0.1, 0.15) is 5.82 Å². The highest BCUT2D eigenvalue weighted by Crippen LogP contribution is 2.36. The Morgan fingerprint density at radius 1 is 1.38 bits per heavy atom. The molecule has 1 aliphatic carbocycles. The number of hydrogen-bond acceptors (Lipinski definition) is 4. The van der Waals surface area contributed by atoms with Gasteiger partial charge < -0.3 is 21.4 Å². The Morgan fingerprint density at radius 3 is 2.33 bits per heavy atom. The Morgan fingerprint density at radius 2 is 1.95 bits per heavy atom. The van der Waals surface area contributed by atoms with Crippen molar-refractivity contribution in [2.45, 2.75) is 51.5 Å². The first-order valence-electron chi connectivity index (χ1n) is 7.21. The summed E-state index contributed by atoms with van der Waals surface area (Å²) in [5.74, 6) is 1.16. The molecule has 0 spiro atoms. The highest BCUT2D eigenvalue weighted by atomic mass is 35.5. The van der Waals surface area contributed by atoms with E-state index in [0.717, 1.165) is 37.1 Å². The molecule has 1 saturated carbocycles. The third-order valence-corrected chi connectivity index (χ3v) is 4.10. The van der Waals surface area contributed by atoms with Crippen LogP contribution in [-0.4, -0.2) is 29.0 Å². The van der Waals surface area contributed by atoms with Crippen molar-refractivity contribution >= 4 is 23.1 Å². The van der Waals surface area contributed by atoms with Crippen molar-refractivity contribution in [2.24, 2.45) is 10.7 Å². The summed E-state index contributed by atoms with van der Waals surface area (Å²) < 4.78 is 0. The molecule has 21 heavy (non-hydrogen) atoms. The number of nitrogens with one attached hydrogen (secondary N) is 2. The van der Waals surface area contributed by atoms with Gasteiger partial charge in [0, 0.05) is 13.3 Å². The molecule has 0 unspecified atom stereocenters. The standard InChI is InChI=1S/C15H26ClN5/c1-11(2)13(20-14(16)19-4)21(12(3)18)15(10-17)8-6-5-7-9-15/h10,17H,3,5-9,18H2,1-2,4H3,(H,19,20). The van der Waals surface area contributed by atoms with Crippen LogP contribution >= 0.6 is 11.6 Å². The van der Waals surface area contributed by atoms with Crippen molar-refractivity contribution in [3.05, 3.63) is 23.8 Å². The van der Waals surface area contributed by atoms with Gasteiger partial charge in [0.2, 0.25) is 0 Å². The van der Waals surface area contributed by atoms with Gasteiger partial charge in [-0.1, -0.05) is 25.8 Å². The molecule has 0 atom stereocenters. The molecule has 118 valence electrons. The predicted molar refractivity (Wildman–Crippen MR) is 90.5 cm³/mol. The van der Waals surface area contributed by atoms with Crippen molar-refractivity contribution in [1.29, 1.82) is 5.41 Å². The topological polar surface area (TPSA) is 77.5 Å². The fourth-order valence-corrected chi connectivity index (χ4v) is 2.90. The minimum atomic E-state index is -0.436. The lowest BCUT2D eigenvalue weighted by Crippen LogP contribution is -2.54. The largest absolute Gasteiger partial charge is 0.386 e. The Balaban J connectivity index is 3.28. The molecule has 5 nitrogen and oxygen atoms in total. The molecule has 0 aromatic carbocycles. The Bertz CT molecular complexity index is 457. The van der Waals surface area contributed by atoms with Gasteiger partial charge in [-0.25, -0.2) is 0 Å². The van der Waals surface area contributed by atoms with Crippen molar-refractivity contribution in [2.75, 3.05) is 7.05 Å². The summed E-state index contributed by atoms with van der Waals surface area (Å²) in [7, 11) is 1.62. The van der Waals surface area contributed by atoms with E-state index in [1.807, 2.05) is 18.7 Å². The second-order valence-electron chi connectivity index (χ2n) is 5.62. The van der Waals surface area contributed by atoms with Gasteiger partial charge >= 0.3 is 0 Å². The van der Waals surface area contributed by atoms with E-state index in [1.165, 1.54) is 12.6 Å². The number of hydrogen-bond donors (Lipinski definition) is 3. The van der Waals surface area contributed by atoms with Gasteiger partial charge in [-0.2, -0.15) is 0 Å². The maximum Gasteiger partial charge on any atom is 0.196 e. The number of amidine groups is 1. The molecule has 4 N–H and O–H groups in total. The molecular weight excluding hydrogens is 286 g/mol. The molecule has 0 aliphatic heterocycles. The van der Waals surface area contributed by atoms with E-state index >= 15 is 0 Å². The summed E-state index contributed by atoms with van der Waals surface area (Å²) in [5.41, 5.74) is 6.63. The summed E-state index contributed by atoms with van der Waals surface area (Å²) in [6, 6.07) is 0. The van der Waals surface area contributed by atoms with Gasteiger partial charge in [-0.3, -0.25) is 4.99 Å². The zero-order chi connectivity index (χ0) is 16.0. The average molecular weight is 312 g/mol. The number of halogens is 1. The van der Waals surface area contributed by atoms with E-state index < -0.39 is 5.54 Å². The smallest absolute Gasteiger partial charge is 0.196 e. The lowest BCUT2D eigenvalue weighted by Gasteiger charge is -2.46. The second-order valence-corrected chi connectivity index (χ2v) is 5.98. The molecule has 6 heteroatoms. The first kappa shape index (κ1) is 17.6. The van der Waals surface area contributed by atoms with E-state index in [9.17, 15) is 0 Å². The maximum atomic E-state index is 7.95. The van der Waals surface area contributed by atoms with E-state index in [4.69, 9.17) is 22.7 Å². The van der Waals surface area contributed by atoms with Crippen LogP contribution in [0.4, 0.5) is 0 Å². The number of aliphatic imine (C=N–C) groups is 1. The highest BCUT2D eigenvalue weighted by molar-refractivity contribution is 6.64. The summed E-state index contributed by atoms with van der Waals surface area (Å²) >= 11 is 6.03. The van der Waals surface area contributed by atoms with Gasteiger partial charge in [0.15, 0.2) is 5.29 Å². The van der Waals surface area contributed by atoms with Crippen LogP contribution in [0.1, 0.15) is 46.0 Å². The minimum absolute atomic E-state index is 0.286. The number of nitrogens with two attached hydrogens (primary N) is 1. The maximum absolute atomic E-state index is 7.95. The van der Waals surface area contributed by atoms with Crippen LogP contribution in [-0.2, 0) is 0 Å². The van der Waals surface area contributed by atoms with E-state index in [0.29, 0.717) is 5.82 Å². The fourth-order valence-electron chi connectivity index (χ4n) is 2.81. The Kier molecular flexibility index (Phi) is 6.27. The normalized spacial score (nSPS) is 17.8. The summed E-state index contributed by atoms with van der Waals surface area (Å²) in [6.45, 7) is 7.84. The number of nitrogens with zero attached hydrogens (tertiary/aromatic N) is 2. The first-order chi connectivity index (χ1) is 9.88. The van der Waals surface area contributed by atoms with E-state index in [1.54, 1.807) is 7.05 Å². The SMILES string of the molecule is C=C(N)N(C(NC(Cl)=NC)=C(C)C)C1(C=N)CCCCC1. The third-order valence-electron chi connectivity index (χ3n) is 3.84. The summed E-state index contributed by atoms with van der Waals surface area (Å²) in [4.78, 5) is 5.83. The van der Waals surface area contributed by atoms with Crippen LogP contribution in [0.3, 0.4) is 0 Å². The molecular formula is C15H26ClN5. The number of rotatable bonds is 5. The first-order valence-corrected chi connectivity index (χ1v) is 7.59. The molecule has 0 aromatic heterocycles. The third kappa shape index (κ3) is 4.00. The molecule has 0 bridgehead atoms. The van der Waals surface area contributed by atoms with Crippen LogP contribution < -0.4 is 11.1 Å². The molecule has 0 heterocycles. The van der Waals surface area contributed by atoms with Crippen LogP contribution in [0, 0.1) is 5.41 Å². The van der Waals surface area contributed by atoms with Gasteiger partial charge in [-0.15, -0.1) is 0 Å². The van der Waals surface area contributed by atoms with Gasteiger partial charge in [-0.05, 0) is 43.9 Å². The molecule has 0 amide bonds. The summed E-state index contributed by atoms with van der Waals surface area (Å²) in [5, 5.41) is 11.3. The zero-order valence-corrected chi connectivity index (χ0v) is 13.9. The quantitative estimate of drug-likeness (QED) is 0.415. The van der Waals surface area contributed by atoms with Crippen LogP contribution in [0.5, 0.6) is 0 Å². The molecule has 1 rings (SSSR count). The lowest BCUT2D eigenvalue weighted by molar-refractivity contribution is 0.181. The van der Waals surface area contributed by atoms with Crippen molar-refractivity contribution < 1.29 is 0 Å². The Hall–Kier alpha value is -1.49. The van der Waals surface area contributed by atoms with Crippen LogP contribution in [0.2, 0.25) is 0 Å². The molecule has 0 saturated heterocycles. The van der Waals surface area contributed by atoms with Crippen molar-refractivity contribution in [1.82, 2.24) is 10.2 Å². The lowest BCUT2D eigenvalue weighted by atomic mass is 9.81. The highest BCUT2D eigenvalue weighted by Gasteiger charge is 2.39. The average Bonchev–Trinajstić information content (AvgIpc) is 2.46. The van der Waals surface area contributed by atoms with E-state index in [-0.39, 0.29) is 5.29 Å². The monoisotopic (exact) mass is 311 g/mol. The second kappa shape index (κ2) is 7.50. The van der Waals surface area contributed by atoms with Crippen molar-refractivity contribution in [3.8, 4) is 0 Å². The summed E-state index contributed by atoms with van der Waals surface area (Å²) in [6.07, 6.45) is 6.59. The molecule has 1 aliphatic rings. The number of allylic oxidation sites excluding steroid dienone is 1. The molecule has 1 fully saturated rings. The fraction of sp³-hybridized carbons (Fsp3) is 0.600.